The van der Waals surface area contributed by atoms with E-state index in [9.17, 15) is 14.0 Å². The van der Waals surface area contributed by atoms with E-state index in [1.54, 1.807) is 37.3 Å². The molecule has 1 unspecified atom stereocenters. The monoisotopic (exact) mass is 359 g/mol. The van der Waals surface area contributed by atoms with Crippen molar-refractivity contribution in [3.8, 4) is 0 Å². The fraction of sp³-hybridized carbons (Fsp3) is 0.158. The van der Waals surface area contributed by atoms with Crippen molar-refractivity contribution in [2.45, 2.75) is 12.5 Å². The van der Waals surface area contributed by atoms with Crippen molar-refractivity contribution >= 4 is 35.1 Å². The van der Waals surface area contributed by atoms with Crippen LogP contribution in [0.3, 0.4) is 0 Å². The molecule has 1 saturated heterocycles. The van der Waals surface area contributed by atoms with Crippen molar-refractivity contribution in [3.05, 3.63) is 70.5 Å². The van der Waals surface area contributed by atoms with E-state index in [4.69, 9.17) is 16.3 Å². The van der Waals surface area contributed by atoms with Gasteiger partial charge in [-0.1, -0.05) is 35.9 Å². The highest BCUT2D eigenvalue weighted by molar-refractivity contribution is 6.31. The molecule has 0 radical (unpaired) electrons. The SMILES string of the molecule is CC1(C(=O)NC(=O)/C(=C/c2ccc(Cl)cc2)c2ccc(F)cc2)CO1. The van der Waals surface area contributed by atoms with Gasteiger partial charge in [-0.05, 0) is 48.4 Å². The molecule has 1 aliphatic heterocycles. The Bertz CT molecular complexity index is 840. The summed E-state index contributed by atoms with van der Waals surface area (Å²) in [6.07, 6.45) is 1.61. The van der Waals surface area contributed by atoms with E-state index in [1.165, 1.54) is 24.3 Å². The van der Waals surface area contributed by atoms with Crippen LogP contribution in [-0.2, 0) is 14.3 Å². The standard InChI is InChI=1S/C19H15ClFNO3/c1-19(11-25-19)18(24)22-17(23)16(13-4-8-15(21)9-5-13)10-12-2-6-14(20)7-3-12/h2-10H,11H2,1H3,(H,22,23,24)/b16-10+. The van der Waals surface area contributed by atoms with E-state index in [2.05, 4.69) is 5.32 Å². The number of carbonyl (C=O) groups excluding carboxylic acids is 2. The number of hydrogen-bond acceptors (Lipinski definition) is 3. The fourth-order valence-electron chi connectivity index (χ4n) is 2.18. The Morgan fingerprint density at radius 2 is 1.76 bits per heavy atom. The number of epoxide rings is 1. The molecule has 0 aromatic heterocycles. The van der Waals surface area contributed by atoms with Gasteiger partial charge in [0.05, 0.1) is 6.61 Å². The highest BCUT2D eigenvalue weighted by Gasteiger charge is 2.48. The lowest BCUT2D eigenvalue weighted by Crippen LogP contribution is -2.39. The Kier molecular flexibility index (Phi) is 4.70. The van der Waals surface area contributed by atoms with Gasteiger partial charge in [0.15, 0.2) is 5.60 Å². The van der Waals surface area contributed by atoms with E-state index < -0.39 is 23.2 Å². The molecule has 128 valence electrons. The maximum absolute atomic E-state index is 13.2. The smallest absolute Gasteiger partial charge is 0.261 e. The van der Waals surface area contributed by atoms with Gasteiger partial charge in [-0.25, -0.2) is 4.39 Å². The van der Waals surface area contributed by atoms with Crippen LogP contribution in [0.4, 0.5) is 4.39 Å². The highest BCUT2D eigenvalue weighted by Crippen LogP contribution is 2.26. The van der Waals surface area contributed by atoms with E-state index in [0.29, 0.717) is 10.6 Å². The van der Waals surface area contributed by atoms with E-state index in [1.807, 2.05) is 0 Å². The molecule has 1 heterocycles. The fourth-order valence-corrected chi connectivity index (χ4v) is 2.30. The van der Waals surface area contributed by atoms with Crippen molar-refractivity contribution in [2.24, 2.45) is 0 Å². The number of rotatable bonds is 4. The molecule has 2 amide bonds. The first kappa shape index (κ1) is 17.3. The first-order valence-corrected chi connectivity index (χ1v) is 7.98. The molecule has 3 rings (SSSR count). The van der Waals surface area contributed by atoms with Crippen LogP contribution in [0.25, 0.3) is 11.6 Å². The topological polar surface area (TPSA) is 58.7 Å². The second-order valence-corrected chi connectivity index (χ2v) is 6.36. The summed E-state index contributed by atoms with van der Waals surface area (Å²) in [5.74, 6) is -1.49. The zero-order valence-corrected chi connectivity index (χ0v) is 14.1. The van der Waals surface area contributed by atoms with Crippen LogP contribution in [0.2, 0.25) is 5.02 Å². The minimum atomic E-state index is -0.955. The summed E-state index contributed by atoms with van der Waals surface area (Å²) >= 11 is 5.87. The second kappa shape index (κ2) is 6.78. The number of hydrogen-bond donors (Lipinski definition) is 1. The van der Waals surface area contributed by atoms with Gasteiger partial charge in [0.1, 0.15) is 5.82 Å². The van der Waals surface area contributed by atoms with Gasteiger partial charge in [0.25, 0.3) is 11.8 Å². The molecule has 0 aliphatic carbocycles. The number of nitrogens with one attached hydrogen (secondary N) is 1. The largest absolute Gasteiger partial charge is 0.359 e. The maximum Gasteiger partial charge on any atom is 0.261 e. The van der Waals surface area contributed by atoms with Crippen molar-refractivity contribution in [3.63, 3.8) is 0 Å². The predicted octanol–water partition coefficient (Wildman–Crippen LogP) is 3.45. The summed E-state index contributed by atoms with van der Waals surface area (Å²) in [5.41, 5.74) is 0.493. The first-order chi connectivity index (χ1) is 11.9. The van der Waals surface area contributed by atoms with Crippen LogP contribution in [-0.4, -0.2) is 24.0 Å². The van der Waals surface area contributed by atoms with Crippen LogP contribution >= 0.6 is 11.6 Å². The lowest BCUT2D eigenvalue weighted by molar-refractivity contribution is -0.130. The molecule has 1 aliphatic rings. The Morgan fingerprint density at radius 1 is 1.16 bits per heavy atom. The Labute approximate surface area is 149 Å². The Hall–Kier alpha value is -2.50. The minimum Gasteiger partial charge on any atom is -0.359 e. The summed E-state index contributed by atoms with van der Waals surface area (Å²) in [4.78, 5) is 24.7. The van der Waals surface area contributed by atoms with Crippen molar-refractivity contribution in [1.29, 1.82) is 0 Å². The van der Waals surface area contributed by atoms with Crippen LogP contribution in [0.1, 0.15) is 18.1 Å². The zero-order chi connectivity index (χ0) is 18.0. The third-order valence-corrected chi connectivity index (χ3v) is 4.12. The molecule has 2 aromatic rings. The number of carbonyl (C=O) groups is 2. The average Bonchev–Trinajstić information content (AvgIpc) is 3.34. The van der Waals surface area contributed by atoms with Gasteiger partial charge in [0, 0.05) is 10.6 Å². The predicted molar refractivity (Wildman–Crippen MR) is 93.2 cm³/mol. The molecule has 1 fully saturated rings. The molecule has 2 aromatic carbocycles. The van der Waals surface area contributed by atoms with Gasteiger partial charge in [-0.3, -0.25) is 14.9 Å². The summed E-state index contributed by atoms with van der Waals surface area (Å²) in [5, 5.41) is 2.90. The lowest BCUT2D eigenvalue weighted by atomic mass is 10.0. The molecule has 1 N–H and O–H groups in total. The lowest BCUT2D eigenvalue weighted by Gasteiger charge is -2.10. The van der Waals surface area contributed by atoms with E-state index in [-0.39, 0.29) is 12.2 Å². The summed E-state index contributed by atoms with van der Waals surface area (Å²) in [6, 6.07) is 12.3. The van der Waals surface area contributed by atoms with Gasteiger partial charge in [-0.2, -0.15) is 0 Å². The molecule has 0 saturated carbocycles. The normalized spacial score (nSPS) is 19.4. The third-order valence-electron chi connectivity index (χ3n) is 3.87. The molecular formula is C19H15ClFNO3. The molecular weight excluding hydrogens is 345 g/mol. The number of halogens is 2. The number of imide groups is 1. The second-order valence-electron chi connectivity index (χ2n) is 5.92. The Morgan fingerprint density at radius 3 is 2.32 bits per heavy atom. The zero-order valence-electron chi connectivity index (χ0n) is 13.4. The third kappa shape index (κ3) is 4.13. The molecule has 25 heavy (non-hydrogen) atoms. The van der Waals surface area contributed by atoms with Crippen molar-refractivity contribution in [1.82, 2.24) is 5.32 Å². The van der Waals surface area contributed by atoms with Crippen molar-refractivity contribution in [2.75, 3.05) is 6.61 Å². The number of amides is 2. The van der Waals surface area contributed by atoms with E-state index >= 15 is 0 Å². The first-order valence-electron chi connectivity index (χ1n) is 7.60. The van der Waals surface area contributed by atoms with Gasteiger partial charge < -0.3 is 4.74 Å². The minimum absolute atomic E-state index is 0.236. The average molecular weight is 360 g/mol. The van der Waals surface area contributed by atoms with Gasteiger partial charge in [0.2, 0.25) is 0 Å². The summed E-state index contributed by atoms with van der Waals surface area (Å²) in [6.45, 7) is 1.88. The van der Waals surface area contributed by atoms with Crippen molar-refractivity contribution < 1.29 is 18.7 Å². The van der Waals surface area contributed by atoms with Gasteiger partial charge >= 0.3 is 0 Å². The summed E-state index contributed by atoms with van der Waals surface area (Å²) < 4.78 is 18.2. The van der Waals surface area contributed by atoms with Crippen LogP contribution < -0.4 is 5.32 Å². The van der Waals surface area contributed by atoms with E-state index in [0.717, 1.165) is 5.56 Å². The molecule has 4 nitrogen and oxygen atoms in total. The molecule has 6 heteroatoms. The van der Waals surface area contributed by atoms with Crippen LogP contribution in [0.15, 0.2) is 48.5 Å². The Balaban J connectivity index is 1.93. The van der Waals surface area contributed by atoms with Crippen LogP contribution in [0, 0.1) is 5.82 Å². The molecule has 0 bridgehead atoms. The number of benzene rings is 2. The van der Waals surface area contributed by atoms with Crippen LogP contribution in [0.5, 0.6) is 0 Å². The quantitative estimate of drug-likeness (QED) is 0.516. The summed E-state index contributed by atoms with van der Waals surface area (Å²) in [7, 11) is 0. The molecule has 0 spiro atoms. The highest BCUT2D eigenvalue weighted by atomic mass is 35.5. The molecule has 1 atom stereocenters. The van der Waals surface area contributed by atoms with Gasteiger partial charge in [-0.15, -0.1) is 0 Å². The number of ether oxygens (including phenoxy) is 1. The maximum atomic E-state index is 13.2.